The molecule has 25 heavy (non-hydrogen) atoms. The summed E-state index contributed by atoms with van der Waals surface area (Å²) in [5, 5.41) is 12.9. The van der Waals surface area contributed by atoms with Gasteiger partial charge >= 0.3 is 0 Å². The van der Waals surface area contributed by atoms with Gasteiger partial charge < -0.3 is 4.98 Å². The monoisotopic (exact) mass is 378 g/mol. The molecule has 3 aromatic heterocycles. The van der Waals surface area contributed by atoms with Gasteiger partial charge in [-0.25, -0.2) is 9.67 Å². The Morgan fingerprint density at radius 2 is 2.08 bits per heavy atom. The second-order valence-electron chi connectivity index (χ2n) is 6.64. The molecule has 0 aromatic carbocycles. The standard InChI is InChI=1S/C15H18N6O2S2/c1-7-10-12(23)16-9(17-13(10)25-11(7)8(2)22)6-24-14-18-19-20-21(14)15(3,4)5/h6H2,1-5H3,(H,16,17,23). The van der Waals surface area contributed by atoms with E-state index in [9.17, 15) is 9.59 Å². The fourth-order valence-electron chi connectivity index (χ4n) is 2.42. The van der Waals surface area contributed by atoms with Crippen molar-refractivity contribution in [3.05, 3.63) is 26.6 Å². The van der Waals surface area contributed by atoms with E-state index in [1.165, 1.54) is 30.0 Å². The predicted octanol–water partition coefficient (Wildman–Crippen LogP) is 2.53. The smallest absolute Gasteiger partial charge is 0.259 e. The molecule has 0 saturated carbocycles. The van der Waals surface area contributed by atoms with Gasteiger partial charge in [-0.05, 0) is 50.6 Å². The Labute approximate surface area is 152 Å². The molecule has 0 aliphatic carbocycles. The highest BCUT2D eigenvalue weighted by atomic mass is 32.2. The zero-order valence-corrected chi connectivity index (χ0v) is 16.2. The van der Waals surface area contributed by atoms with Gasteiger partial charge in [-0.2, -0.15) is 0 Å². The summed E-state index contributed by atoms with van der Waals surface area (Å²) in [6.45, 7) is 9.30. The fraction of sp³-hybridized carbons (Fsp3) is 0.467. The molecule has 0 amide bonds. The molecule has 1 N–H and O–H groups in total. The molecule has 0 aliphatic heterocycles. The van der Waals surface area contributed by atoms with Crippen molar-refractivity contribution in [1.29, 1.82) is 0 Å². The third kappa shape index (κ3) is 3.36. The molecule has 0 fully saturated rings. The van der Waals surface area contributed by atoms with Crippen LogP contribution in [0, 0.1) is 6.92 Å². The number of aromatic amines is 1. The number of rotatable bonds is 4. The number of thiophene rings is 1. The summed E-state index contributed by atoms with van der Waals surface area (Å²) in [7, 11) is 0. The van der Waals surface area contributed by atoms with E-state index in [-0.39, 0.29) is 16.9 Å². The molecular formula is C15H18N6O2S2. The Morgan fingerprint density at radius 3 is 2.72 bits per heavy atom. The molecule has 0 bridgehead atoms. The number of nitrogens with zero attached hydrogens (tertiary/aromatic N) is 5. The lowest BCUT2D eigenvalue weighted by Gasteiger charge is -2.19. The number of carbonyl (C=O) groups is 1. The number of fused-ring (bicyclic) bond motifs is 1. The maximum atomic E-state index is 12.4. The van der Waals surface area contributed by atoms with Gasteiger partial charge in [0.1, 0.15) is 10.7 Å². The molecule has 0 spiro atoms. The first kappa shape index (κ1) is 17.7. The van der Waals surface area contributed by atoms with Crippen LogP contribution < -0.4 is 5.56 Å². The third-order valence-electron chi connectivity index (χ3n) is 3.58. The highest BCUT2D eigenvalue weighted by Gasteiger charge is 2.21. The molecule has 8 nitrogen and oxygen atoms in total. The molecule has 132 valence electrons. The minimum absolute atomic E-state index is 0.0554. The number of aryl methyl sites for hydroxylation is 1. The van der Waals surface area contributed by atoms with Gasteiger partial charge in [0.05, 0.1) is 21.6 Å². The molecule has 10 heteroatoms. The van der Waals surface area contributed by atoms with Crippen molar-refractivity contribution in [1.82, 2.24) is 30.2 Å². The first-order valence-corrected chi connectivity index (χ1v) is 9.43. The van der Waals surface area contributed by atoms with Crippen LogP contribution in [-0.4, -0.2) is 36.0 Å². The van der Waals surface area contributed by atoms with Crippen LogP contribution in [0.4, 0.5) is 0 Å². The molecule has 3 heterocycles. The number of carbonyl (C=O) groups excluding carboxylic acids is 1. The lowest BCUT2D eigenvalue weighted by Crippen LogP contribution is -2.24. The molecule has 0 unspecified atom stereocenters. The van der Waals surface area contributed by atoms with Crippen LogP contribution in [0.2, 0.25) is 0 Å². The molecule has 0 radical (unpaired) electrons. The van der Waals surface area contributed by atoms with Crippen molar-refractivity contribution < 1.29 is 4.79 Å². The summed E-state index contributed by atoms with van der Waals surface area (Å²) in [6, 6.07) is 0. The van der Waals surface area contributed by atoms with Crippen LogP contribution in [0.5, 0.6) is 0 Å². The van der Waals surface area contributed by atoms with Gasteiger partial charge in [-0.3, -0.25) is 9.59 Å². The Hall–Kier alpha value is -2.07. The van der Waals surface area contributed by atoms with Gasteiger partial charge in [0.2, 0.25) is 5.16 Å². The summed E-state index contributed by atoms with van der Waals surface area (Å²) in [4.78, 5) is 32.5. The number of Topliss-reactive ketones (excluding diaryl/α,β-unsaturated/α-hetero) is 1. The van der Waals surface area contributed by atoms with E-state index in [0.29, 0.717) is 37.4 Å². The second-order valence-corrected chi connectivity index (χ2v) is 8.58. The summed E-state index contributed by atoms with van der Waals surface area (Å²) >= 11 is 2.66. The number of ketones is 1. The zero-order chi connectivity index (χ0) is 18.4. The molecule has 3 aromatic rings. The number of hydrogen-bond acceptors (Lipinski definition) is 8. The lowest BCUT2D eigenvalue weighted by atomic mass is 10.1. The normalized spacial score (nSPS) is 12.0. The molecule has 3 rings (SSSR count). The molecule has 0 atom stereocenters. The lowest BCUT2D eigenvalue weighted by molar-refractivity contribution is 0.102. The minimum atomic E-state index is -0.238. The van der Waals surface area contributed by atoms with Gasteiger partial charge in [-0.15, -0.1) is 16.4 Å². The molecule has 0 aliphatic rings. The Morgan fingerprint density at radius 1 is 1.36 bits per heavy atom. The van der Waals surface area contributed by atoms with Crippen LogP contribution >= 0.6 is 23.1 Å². The SMILES string of the molecule is CC(=O)c1sc2nc(CSc3nnnn3C(C)(C)C)[nH]c(=O)c2c1C. The van der Waals surface area contributed by atoms with Crippen LogP contribution in [0.15, 0.2) is 9.95 Å². The summed E-state index contributed by atoms with van der Waals surface area (Å²) < 4.78 is 1.73. The van der Waals surface area contributed by atoms with E-state index >= 15 is 0 Å². The highest BCUT2D eigenvalue weighted by molar-refractivity contribution is 7.98. The van der Waals surface area contributed by atoms with Gasteiger partial charge in [0, 0.05) is 0 Å². The van der Waals surface area contributed by atoms with E-state index in [0.717, 1.165) is 0 Å². The van der Waals surface area contributed by atoms with Crippen molar-refractivity contribution in [2.75, 3.05) is 0 Å². The minimum Gasteiger partial charge on any atom is -0.309 e. The summed E-state index contributed by atoms with van der Waals surface area (Å²) in [5.41, 5.74) is 0.229. The number of hydrogen-bond donors (Lipinski definition) is 1. The van der Waals surface area contributed by atoms with E-state index in [1.54, 1.807) is 11.6 Å². The van der Waals surface area contributed by atoms with Crippen molar-refractivity contribution in [2.45, 2.75) is 51.1 Å². The van der Waals surface area contributed by atoms with E-state index < -0.39 is 0 Å². The van der Waals surface area contributed by atoms with Crippen LogP contribution in [0.3, 0.4) is 0 Å². The Kier molecular flexibility index (Phi) is 4.50. The van der Waals surface area contributed by atoms with Crippen molar-refractivity contribution in [2.24, 2.45) is 0 Å². The average molecular weight is 378 g/mol. The summed E-state index contributed by atoms with van der Waals surface area (Å²) in [5.74, 6) is 0.899. The number of nitrogens with one attached hydrogen (secondary N) is 1. The van der Waals surface area contributed by atoms with Gasteiger partial charge in [0.25, 0.3) is 5.56 Å². The van der Waals surface area contributed by atoms with E-state index in [1.807, 2.05) is 20.8 Å². The molecule has 0 saturated heterocycles. The van der Waals surface area contributed by atoms with Crippen LogP contribution in [0.1, 0.15) is 48.8 Å². The first-order valence-electron chi connectivity index (χ1n) is 7.63. The van der Waals surface area contributed by atoms with E-state index in [2.05, 4.69) is 25.5 Å². The topological polar surface area (TPSA) is 106 Å². The van der Waals surface area contributed by atoms with Gasteiger partial charge in [0.15, 0.2) is 5.78 Å². The molecular weight excluding hydrogens is 360 g/mol. The van der Waals surface area contributed by atoms with Crippen molar-refractivity contribution in [3.8, 4) is 0 Å². The Balaban J connectivity index is 1.92. The quantitative estimate of drug-likeness (QED) is 0.549. The number of tetrazole rings is 1. The predicted molar refractivity (Wildman–Crippen MR) is 97.4 cm³/mol. The largest absolute Gasteiger partial charge is 0.309 e. The van der Waals surface area contributed by atoms with Gasteiger partial charge in [-0.1, -0.05) is 11.8 Å². The van der Waals surface area contributed by atoms with Crippen LogP contribution in [-0.2, 0) is 11.3 Å². The number of thioether (sulfide) groups is 1. The maximum absolute atomic E-state index is 12.4. The van der Waals surface area contributed by atoms with Crippen molar-refractivity contribution in [3.63, 3.8) is 0 Å². The van der Waals surface area contributed by atoms with E-state index in [4.69, 9.17) is 0 Å². The number of H-pyrrole nitrogens is 1. The van der Waals surface area contributed by atoms with Crippen molar-refractivity contribution >= 4 is 39.1 Å². The fourth-order valence-corrected chi connectivity index (χ4v) is 4.44. The maximum Gasteiger partial charge on any atom is 0.259 e. The number of aromatic nitrogens is 6. The third-order valence-corrected chi connectivity index (χ3v) is 5.80. The van der Waals surface area contributed by atoms with Crippen LogP contribution in [0.25, 0.3) is 10.2 Å². The summed E-state index contributed by atoms with van der Waals surface area (Å²) in [6.07, 6.45) is 0. The second kappa shape index (κ2) is 6.34. The highest BCUT2D eigenvalue weighted by Crippen LogP contribution is 2.28. The average Bonchev–Trinajstić information content (AvgIpc) is 3.09. The first-order chi connectivity index (χ1) is 11.7. The zero-order valence-electron chi connectivity index (χ0n) is 14.6. The Bertz CT molecular complexity index is 1010.